The van der Waals surface area contributed by atoms with Crippen molar-refractivity contribution in [3.05, 3.63) is 35.5 Å². The summed E-state index contributed by atoms with van der Waals surface area (Å²) in [7, 11) is 1.69. The van der Waals surface area contributed by atoms with Crippen LogP contribution in [0.25, 0.3) is 0 Å². The number of carbonyl (C=O) groups excluding carboxylic acids is 2. The topological polar surface area (TPSA) is 102 Å². The Morgan fingerprint density at radius 3 is 3.00 bits per heavy atom. The predicted molar refractivity (Wildman–Crippen MR) is 98.5 cm³/mol. The quantitative estimate of drug-likeness (QED) is 0.836. The smallest absolute Gasteiger partial charge is 0.289 e. The highest BCUT2D eigenvalue weighted by atomic mass is 16.5. The molecule has 1 fully saturated rings. The number of amides is 2. The molecular weight excluding hydrogens is 360 g/mol. The molecule has 1 N–H and O–H groups in total. The van der Waals surface area contributed by atoms with Crippen molar-refractivity contribution in [3.8, 4) is 0 Å². The van der Waals surface area contributed by atoms with Crippen molar-refractivity contribution in [2.45, 2.75) is 56.9 Å². The van der Waals surface area contributed by atoms with Gasteiger partial charge >= 0.3 is 0 Å². The maximum atomic E-state index is 12.8. The maximum Gasteiger partial charge on any atom is 0.289 e. The zero-order valence-electron chi connectivity index (χ0n) is 15.7. The van der Waals surface area contributed by atoms with E-state index in [-0.39, 0.29) is 17.3 Å². The highest BCUT2D eigenvalue weighted by molar-refractivity contribution is 6.00. The molecule has 2 aromatic rings. The van der Waals surface area contributed by atoms with Crippen LogP contribution in [0.4, 0.5) is 5.82 Å². The second kappa shape index (κ2) is 6.37. The van der Waals surface area contributed by atoms with Crippen LogP contribution in [0.3, 0.4) is 0 Å². The van der Waals surface area contributed by atoms with E-state index >= 15 is 0 Å². The number of likely N-dealkylation sites (N-methyl/N-ethyl adjacent to an activating group) is 1. The summed E-state index contributed by atoms with van der Waals surface area (Å²) in [4.78, 5) is 35.9. The second-order valence-corrected chi connectivity index (χ2v) is 7.68. The van der Waals surface area contributed by atoms with E-state index in [4.69, 9.17) is 4.74 Å². The minimum Gasteiger partial charge on any atom is -0.364 e. The summed E-state index contributed by atoms with van der Waals surface area (Å²) < 4.78 is 7.79. The molecule has 4 heterocycles. The molecule has 1 aliphatic carbocycles. The molecule has 2 aliphatic heterocycles. The van der Waals surface area contributed by atoms with E-state index in [9.17, 15) is 9.59 Å². The van der Waals surface area contributed by atoms with Crippen LogP contribution in [-0.4, -0.2) is 44.7 Å². The molecule has 0 unspecified atom stereocenters. The number of nitrogens with zero attached hydrogens (tertiary/aromatic N) is 5. The molecule has 146 valence electrons. The Morgan fingerprint density at radius 2 is 2.18 bits per heavy atom. The van der Waals surface area contributed by atoms with Gasteiger partial charge in [-0.2, -0.15) is 5.10 Å². The number of hydrogen-bond donors (Lipinski definition) is 1. The maximum absolute atomic E-state index is 12.8. The van der Waals surface area contributed by atoms with E-state index in [0.717, 1.165) is 42.8 Å². The van der Waals surface area contributed by atoms with Crippen molar-refractivity contribution >= 4 is 17.6 Å². The number of hydrogen-bond acceptors (Lipinski definition) is 6. The lowest BCUT2D eigenvalue weighted by molar-refractivity contribution is -0.120. The number of nitrogens with one attached hydrogen (secondary N) is 1. The summed E-state index contributed by atoms with van der Waals surface area (Å²) in [6.07, 6.45) is 7.86. The Labute approximate surface area is 162 Å². The van der Waals surface area contributed by atoms with Crippen molar-refractivity contribution in [1.29, 1.82) is 0 Å². The lowest BCUT2D eigenvalue weighted by Crippen LogP contribution is -2.47. The largest absolute Gasteiger partial charge is 0.364 e. The molecular formula is C19H22N6O3. The normalized spacial score (nSPS) is 22.8. The van der Waals surface area contributed by atoms with Crippen LogP contribution in [0, 0.1) is 0 Å². The van der Waals surface area contributed by atoms with E-state index in [1.54, 1.807) is 30.2 Å². The van der Waals surface area contributed by atoms with E-state index in [1.165, 1.54) is 4.90 Å². The fourth-order valence-corrected chi connectivity index (χ4v) is 4.49. The van der Waals surface area contributed by atoms with Crippen molar-refractivity contribution in [2.24, 2.45) is 0 Å². The van der Waals surface area contributed by atoms with Gasteiger partial charge in [-0.15, -0.1) is 0 Å². The number of aromatic nitrogens is 4. The first-order chi connectivity index (χ1) is 13.6. The average molecular weight is 382 g/mol. The number of aryl methyl sites for hydroxylation is 1. The van der Waals surface area contributed by atoms with E-state index in [2.05, 4.69) is 20.4 Å². The van der Waals surface area contributed by atoms with Crippen molar-refractivity contribution in [3.63, 3.8) is 0 Å². The number of anilines is 1. The fraction of sp³-hybridized carbons (Fsp3) is 0.526. The number of fused-ring (bicyclic) bond motifs is 3. The third kappa shape index (κ3) is 2.61. The van der Waals surface area contributed by atoms with Gasteiger partial charge in [0, 0.05) is 31.4 Å². The summed E-state index contributed by atoms with van der Waals surface area (Å²) in [6.45, 7) is 1.04. The van der Waals surface area contributed by atoms with Gasteiger partial charge in [0.1, 0.15) is 17.5 Å². The van der Waals surface area contributed by atoms with Gasteiger partial charge in [-0.05, 0) is 19.3 Å². The molecule has 3 aliphatic rings. The summed E-state index contributed by atoms with van der Waals surface area (Å²) in [5.41, 5.74) is 1.43. The molecule has 2 amide bonds. The molecule has 1 atom stereocenters. The fourth-order valence-electron chi connectivity index (χ4n) is 4.49. The van der Waals surface area contributed by atoms with Gasteiger partial charge in [-0.25, -0.2) is 14.6 Å². The van der Waals surface area contributed by atoms with Crippen LogP contribution in [0.5, 0.6) is 0 Å². The molecule has 0 radical (unpaired) electrons. The van der Waals surface area contributed by atoms with Crippen LogP contribution >= 0.6 is 0 Å². The predicted octanol–water partition coefficient (Wildman–Crippen LogP) is 1.14. The molecule has 1 saturated carbocycles. The molecule has 0 saturated heterocycles. The first-order valence-corrected chi connectivity index (χ1v) is 9.68. The van der Waals surface area contributed by atoms with Gasteiger partial charge in [0.05, 0.1) is 18.5 Å². The zero-order chi connectivity index (χ0) is 19.3. The third-order valence-corrected chi connectivity index (χ3v) is 6.02. The third-order valence-electron chi connectivity index (χ3n) is 6.02. The average Bonchev–Trinajstić information content (AvgIpc) is 3.44. The van der Waals surface area contributed by atoms with Gasteiger partial charge in [0.15, 0.2) is 0 Å². The van der Waals surface area contributed by atoms with Gasteiger partial charge in [0.25, 0.3) is 11.8 Å². The molecule has 2 aromatic heterocycles. The van der Waals surface area contributed by atoms with Crippen molar-refractivity contribution < 1.29 is 14.3 Å². The highest BCUT2D eigenvalue weighted by Crippen LogP contribution is 2.46. The van der Waals surface area contributed by atoms with Crippen LogP contribution in [0.1, 0.15) is 54.0 Å². The Hall–Kier alpha value is -2.81. The Kier molecular flexibility index (Phi) is 3.94. The van der Waals surface area contributed by atoms with Crippen LogP contribution in [0.15, 0.2) is 18.5 Å². The Bertz CT molecular complexity index is 949. The number of carbonyl (C=O) groups is 2. The molecule has 9 nitrogen and oxygen atoms in total. The summed E-state index contributed by atoms with van der Waals surface area (Å²) in [5.74, 6) is 0.197. The van der Waals surface area contributed by atoms with Crippen LogP contribution < -0.4 is 10.2 Å². The van der Waals surface area contributed by atoms with Crippen LogP contribution in [-0.2, 0) is 28.3 Å². The second-order valence-electron chi connectivity index (χ2n) is 7.68. The molecule has 0 aromatic carbocycles. The summed E-state index contributed by atoms with van der Waals surface area (Å²) in [5, 5.41) is 7.04. The highest BCUT2D eigenvalue weighted by Gasteiger charge is 2.44. The molecule has 5 rings (SSSR count). The van der Waals surface area contributed by atoms with Gasteiger partial charge in [-0.3, -0.25) is 14.5 Å². The molecule has 1 spiro atoms. The lowest BCUT2D eigenvalue weighted by Gasteiger charge is -2.23. The standard InChI is InChI=1S/C19H22N6O3/c1-24-14-4-8-21-25(14)9-5-13(18(24)27)22-17(26)16-20-10-12-11-28-19(15(12)23-16)6-2-3-7-19/h4,8,10,13H,2-3,5-7,9,11H2,1H3,(H,22,26)/t13-/m0/s1. The number of ether oxygens (including phenoxy) is 1. The number of rotatable bonds is 2. The Balaban J connectivity index is 1.37. The lowest BCUT2D eigenvalue weighted by atomic mass is 9.97. The minimum absolute atomic E-state index is 0.0907. The van der Waals surface area contributed by atoms with Crippen LogP contribution in [0.2, 0.25) is 0 Å². The molecule has 28 heavy (non-hydrogen) atoms. The monoisotopic (exact) mass is 382 g/mol. The van der Waals surface area contributed by atoms with Gasteiger partial charge < -0.3 is 10.1 Å². The minimum atomic E-state index is -0.646. The SMILES string of the molecule is CN1C(=O)[C@@H](NC(=O)c2ncc3c(n2)C2(CCCC2)OC3)CCn2nccc21. The van der Waals surface area contributed by atoms with Gasteiger partial charge in [0.2, 0.25) is 5.82 Å². The van der Waals surface area contributed by atoms with Crippen molar-refractivity contribution in [2.75, 3.05) is 11.9 Å². The summed E-state index contributed by atoms with van der Waals surface area (Å²) in [6, 6.07) is 1.14. The molecule has 0 bridgehead atoms. The van der Waals surface area contributed by atoms with E-state index < -0.39 is 11.9 Å². The first-order valence-electron chi connectivity index (χ1n) is 9.68. The molecule has 9 heteroatoms. The van der Waals surface area contributed by atoms with Gasteiger partial charge in [-0.1, -0.05) is 12.8 Å². The zero-order valence-corrected chi connectivity index (χ0v) is 15.7. The van der Waals surface area contributed by atoms with Crippen molar-refractivity contribution in [1.82, 2.24) is 25.1 Å². The van der Waals surface area contributed by atoms with E-state index in [1.807, 2.05) is 0 Å². The summed E-state index contributed by atoms with van der Waals surface area (Å²) >= 11 is 0. The van der Waals surface area contributed by atoms with E-state index in [0.29, 0.717) is 19.6 Å². The first kappa shape index (κ1) is 17.3. The Morgan fingerprint density at radius 1 is 1.36 bits per heavy atom.